The van der Waals surface area contributed by atoms with E-state index in [0.29, 0.717) is 17.7 Å². The molecular weight excluding hydrogens is 324 g/mol. The molecule has 1 saturated carbocycles. The lowest BCUT2D eigenvalue weighted by atomic mass is 9.95. The van der Waals surface area contributed by atoms with Gasteiger partial charge in [0.1, 0.15) is 0 Å². The van der Waals surface area contributed by atoms with Gasteiger partial charge in [-0.25, -0.2) is 8.42 Å². The van der Waals surface area contributed by atoms with Crippen molar-refractivity contribution in [1.82, 2.24) is 5.32 Å². The van der Waals surface area contributed by atoms with Gasteiger partial charge in [-0.2, -0.15) is 0 Å². The van der Waals surface area contributed by atoms with E-state index in [1.165, 1.54) is 6.42 Å². The maximum atomic E-state index is 12.6. The molecule has 2 rings (SSSR count). The average Bonchev–Trinajstić information content (AvgIpc) is 2.55. The maximum Gasteiger partial charge on any atom is 0.253 e. The molecule has 0 aliphatic heterocycles. The van der Waals surface area contributed by atoms with Crippen LogP contribution in [0.2, 0.25) is 0 Å². The van der Waals surface area contributed by atoms with Crippen LogP contribution in [0, 0.1) is 6.92 Å². The Hall–Kier alpha value is -1.56. The SMILES string of the molecule is CCCCS(=O)(=O)Nc1ccc(C)cc1C(=O)NC1CCCCC1. The van der Waals surface area contributed by atoms with Crippen molar-refractivity contribution in [2.24, 2.45) is 0 Å². The number of anilines is 1. The molecule has 1 aromatic rings. The molecule has 1 aromatic carbocycles. The van der Waals surface area contributed by atoms with E-state index in [1.54, 1.807) is 12.1 Å². The van der Waals surface area contributed by atoms with E-state index in [1.807, 2.05) is 19.9 Å². The van der Waals surface area contributed by atoms with Gasteiger partial charge in [-0.05, 0) is 38.3 Å². The second kappa shape index (κ2) is 8.51. The van der Waals surface area contributed by atoms with Crippen LogP contribution in [-0.4, -0.2) is 26.1 Å². The maximum absolute atomic E-state index is 12.6. The Morgan fingerprint density at radius 1 is 1.21 bits per heavy atom. The summed E-state index contributed by atoms with van der Waals surface area (Å²) in [5, 5.41) is 3.06. The van der Waals surface area contributed by atoms with Gasteiger partial charge < -0.3 is 5.32 Å². The Balaban J connectivity index is 2.15. The van der Waals surface area contributed by atoms with Crippen LogP contribution in [0.3, 0.4) is 0 Å². The first-order valence-electron chi connectivity index (χ1n) is 8.83. The number of aryl methyl sites for hydroxylation is 1. The van der Waals surface area contributed by atoms with Gasteiger partial charge in [0.2, 0.25) is 10.0 Å². The fourth-order valence-electron chi connectivity index (χ4n) is 3.00. The number of amides is 1. The summed E-state index contributed by atoms with van der Waals surface area (Å²) in [5.74, 6) is -0.125. The second-order valence-electron chi connectivity index (χ2n) is 6.63. The van der Waals surface area contributed by atoms with E-state index in [0.717, 1.165) is 37.7 Å². The molecule has 134 valence electrons. The number of rotatable bonds is 7. The lowest BCUT2D eigenvalue weighted by Crippen LogP contribution is -2.36. The van der Waals surface area contributed by atoms with Crippen LogP contribution in [0.1, 0.15) is 67.8 Å². The van der Waals surface area contributed by atoms with Crippen LogP contribution in [-0.2, 0) is 10.0 Å². The molecule has 0 saturated heterocycles. The Morgan fingerprint density at radius 2 is 1.92 bits per heavy atom. The summed E-state index contributed by atoms with van der Waals surface area (Å²) in [6.07, 6.45) is 6.89. The monoisotopic (exact) mass is 352 g/mol. The highest BCUT2D eigenvalue weighted by Gasteiger charge is 2.20. The second-order valence-corrected chi connectivity index (χ2v) is 8.47. The van der Waals surface area contributed by atoms with Crippen LogP contribution < -0.4 is 10.0 Å². The van der Waals surface area contributed by atoms with Crippen LogP contribution in [0.4, 0.5) is 5.69 Å². The van der Waals surface area contributed by atoms with Crippen molar-refractivity contribution in [2.75, 3.05) is 10.5 Å². The number of carbonyl (C=O) groups excluding carboxylic acids is 1. The van der Waals surface area contributed by atoms with Gasteiger partial charge >= 0.3 is 0 Å². The molecule has 2 N–H and O–H groups in total. The summed E-state index contributed by atoms with van der Waals surface area (Å²) < 4.78 is 26.9. The van der Waals surface area contributed by atoms with Crippen molar-refractivity contribution in [3.05, 3.63) is 29.3 Å². The summed E-state index contributed by atoms with van der Waals surface area (Å²) in [6.45, 7) is 3.84. The van der Waals surface area contributed by atoms with E-state index < -0.39 is 10.0 Å². The highest BCUT2D eigenvalue weighted by Crippen LogP contribution is 2.22. The lowest BCUT2D eigenvalue weighted by molar-refractivity contribution is 0.0928. The quantitative estimate of drug-likeness (QED) is 0.787. The van der Waals surface area contributed by atoms with E-state index in [4.69, 9.17) is 0 Å². The summed E-state index contributed by atoms with van der Waals surface area (Å²) in [5.41, 5.74) is 1.70. The third-order valence-electron chi connectivity index (χ3n) is 4.39. The minimum Gasteiger partial charge on any atom is -0.349 e. The van der Waals surface area contributed by atoms with Crippen LogP contribution >= 0.6 is 0 Å². The average molecular weight is 353 g/mol. The molecule has 0 aromatic heterocycles. The number of carbonyl (C=O) groups is 1. The van der Waals surface area contributed by atoms with Gasteiger partial charge in [-0.1, -0.05) is 44.2 Å². The van der Waals surface area contributed by atoms with Crippen molar-refractivity contribution >= 4 is 21.6 Å². The minimum absolute atomic E-state index is 0.0705. The van der Waals surface area contributed by atoms with Crippen molar-refractivity contribution in [1.29, 1.82) is 0 Å². The Labute approximate surface area is 145 Å². The Kier molecular flexibility index (Phi) is 6.66. The molecule has 1 aliphatic rings. The fourth-order valence-corrected chi connectivity index (χ4v) is 4.28. The third kappa shape index (κ3) is 5.51. The zero-order valence-corrected chi connectivity index (χ0v) is 15.4. The molecule has 0 heterocycles. The predicted octanol–water partition coefficient (Wildman–Crippen LogP) is 3.60. The number of nitrogens with one attached hydrogen (secondary N) is 2. The molecule has 0 bridgehead atoms. The van der Waals surface area contributed by atoms with Crippen LogP contribution in [0.15, 0.2) is 18.2 Å². The van der Waals surface area contributed by atoms with E-state index >= 15 is 0 Å². The van der Waals surface area contributed by atoms with Gasteiger partial charge in [0.05, 0.1) is 17.0 Å². The molecule has 0 atom stereocenters. The minimum atomic E-state index is -3.43. The number of unbranched alkanes of at least 4 members (excludes halogenated alkanes) is 1. The van der Waals surface area contributed by atoms with Gasteiger partial charge in [-0.15, -0.1) is 0 Å². The third-order valence-corrected chi connectivity index (χ3v) is 5.75. The van der Waals surface area contributed by atoms with Crippen molar-refractivity contribution < 1.29 is 13.2 Å². The summed E-state index contributed by atoms with van der Waals surface area (Å²) in [6, 6.07) is 5.43. The summed E-state index contributed by atoms with van der Waals surface area (Å²) >= 11 is 0. The molecule has 0 radical (unpaired) electrons. The molecule has 24 heavy (non-hydrogen) atoms. The largest absolute Gasteiger partial charge is 0.349 e. The van der Waals surface area contributed by atoms with Crippen LogP contribution in [0.5, 0.6) is 0 Å². The number of benzene rings is 1. The fraction of sp³-hybridized carbons (Fsp3) is 0.611. The summed E-state index contributed by atoms with van der Waals surface area (Å²) in [7, 11) is -3.43. The van der Waals surface area contributed by atoms with Crippen molar-refractivity contribution in [3.63, 3.8) is 0 Å². The first-order valence-corrected chi connectivity index (χ1v) is 10.5. The molecule has 1 fully saturated rings. The number of hydrogen-bond acceptors (Lipinski definition) is 3. The normalized spacial score (nSPS) is 15.9. The lowest BCUT2D eigenvalue weighted by Gasteiger charge is -2.23. The predicted molar refractivity (Wildman–Crippen MR) is 97.8 cm³/mol. The highest BCUT2D eigenvalue weighted by atomic mass is 32.2. The first-order chi connectivity index (χ1) is 11.4. The van der Waals surface area contributed by atoms with E-state index in [-0.39, 0.29) is 17.7 Å². The topological polar surface area (TPSA) is 75.3 Å². The molecular formula is C18H28N2O3S. The highest BCUT2D eigenvalue weighted by molar-refractivity contribution is 7.92. The molecule has 5 nitrogen and oxygen atoms in total. The Bertz CT molecular complexity index is 665. The van der Waals surface area contributed by atoms with Gasteiger partial charge in [0, 0.05) is 6.04 Å². The molecule has 0 unspecified atom stereocenters. The van der Waals surface area contributed by atoms with E-state index in [9.17, 15) is 13.2 Å². The van der Waals surface area contributed by atoms with Gasteiger partial charge in [-0.3, -0.25) is 9.52 Å². The number of sulfonamides is 1. The van der Waals surface area contributed by atoms with Crippen molar-refractivity contribution in [3.8, 4) is 0 Å². The van der Waals surface area contributed by atoms with Gasteiger partial charge in [0.25, 0.3) is 5.91 Å². The molecule has 1 amide bonds. The molecule has 6 heteroatoms. The smallest absolute Gasteiger partial charge is 0.253 e. The zero-order valence-electron chi connectivity index (χ0n) is 14.6. The van der Waals surface area contributed by atoms with E-state index in [2.05, 4.69) is 10.0 Å². The van der Waals surface area contributed by atoms with Crippen LogP contribution in [0.25, 0.3) is 0 Å². The molecule has 0 spiro atoms. The van der Waals surface area contributed by atoms with Crippen molar-refractivity contribution in [2.45, 2.75) is 64.8 Å². The standard InChI is InChI=1S/C18H28N2O3S/c1-3-4-12-24(22,23)20-17-11-10-14(2)13-16(17)18(21)19-15-8-6-5-7-9-15/h10-11,13,15,20H,3-9,12H2,1-2H3,(H,19,21). The summed E-state index contributed by atoms with van der Waals surface area (Å²) in [4.78, 5) is 12.6. The molecule has 1 aliphatic carbocycles. The first kappa shape index (κ1) is 18.8. The Morgan fingerprint density at radius 3 is 2.58 bits per heavy atom. The van der Waals surface area contributed by atoms with Gasteiger partial charge in [0.15, 0.2) is 0 Å². The zero-order chi connectivity index (χ0) is 17.6. The number of hydrogen-bond donors (Lipinski definition) is 2.